The number of aryl methyl sites for hydroxylation is 1. The molecule has 2 heterocycles. The summed E-state index contributed by atoms with van der Waals surface area (Å²) in [4.78, 5) is 15.9. The lowest BCUT2D eigenvalue weighted by atomic mass is 10.2. The van der Waals surface area contributed by atoms with Crippen molar-refractivity contribution >= 4 is 27.7 Å². The summed E-state index contributed by atoms with van der Waals surface area (Å²) in [6, 6.07) is 4.67. The van der Waals surface area contributed by atoms with Gasteiger partial charge in [0.1, 0.15) is 5.82 Å². The molecule has 5 nitrogen and oxygen atoms in total. The number of anilines is 1. The minimum Gasteiger partial charge on any atom is -0.619 e. The van der Waals surface area contributed by atoms with Gasteiger partial charge in [0.05, 0.1) is 5.56 Å². The molecule has 6 heteroatoms. The smallest absolute Gasteiger partial charge is 0.257 e. The Hall–Kier alpha value is -1.95. The number of aromatic nitrogens is 2. The first-order valence-electron chi connectivity index (χ1n) is 5.18. The third kappa shape index (κ3) is 2.84. The van der Waals surface area contributed by atoms with Crippen LogP contribution in [-0.2, 0) is 0 Å². The highest BCUT2D eigenvalue weighted by molar-refractivity contribution is 9.10. The fourth-order valence-corrected chi connectivity index (χ4v) is 1.58. The molecule has 0 atom stereocenters. The third-order valence-electron chi connectivity index (χ3n) is 2.35. The van der Waals surface area contributed by atoms with E-state index in [1.165, 1.54) is 24.5 Å². The van der Waals surface area contributed by atoms with E-state index in [-0.39, 0.29) is 5.91 Å². The van der Waals surface area contributed by atoms with Crippen LogP contribution in [0.2, 0.25) is 0 Å². The average Bonchev–Trinajstić information content (AvgIpc) is 2.34. The van der Waals surface area contributed by atoms with E-state index < -0.39 is 0 Å². The van der Waals surface area contributed by atoms with Crippen LogP contribution >= 0.6 is 15.9 Å². The second-order valence-corrected chi connectivity index (χ2v) is 4.57. The molecule has 92 valence electrons. The predicted molar refractivity (Wildman–Crippen MR) is 70.0 cm³/mol. The van der Waals surface area contributed by atoms with Gasteiger partial charge in [-0.05, 0) is 34.5 Å². The first kappa shape index (κ1) is 12.5. The number of pyridine rings is 2. The zero-order chi connectivity index (χ0) is 13.1. The van der Waals surface area contributed by atoms with E-state index in [0.29, 0.717) is 16.1 Å². The predicted octanol–water partition coefficient (Wildman–Crippen LogP) is 2.04. The van der Waals surface area contributed by atoms with Crippen molar-refractivity contribution in [3.63, 3.8) is 0 Å². The van der Waals surface area contributed by atoms with Crippen LogP contribution in [0.15, 0.2) is 41.3 Å². The lowest BCUT2D eigenvalue weighted by molar-refractivity contribution is -0.605. The van der Waals surface area contributed by atoms with Crippen molar-refractivity contribution in [3.8, 4) is 0 Å². The number of rotatable bonds is 2. The van der Waals surface area contributed by atoms with Gasteiger partial charge in [-0.15, -0.1) is 0 Å². The van der Waals surface area contributed by atoms with Crippen LogP contribution in [0.1, 0.15) is 15.9 Å². The SMILES string of the molecule is Cc1cc(NC(=O)c2cc[n+]([O-])cc2)ncc1Br. The maximum absolute atomic E-state index is 11.8. The van der Waals surface area contributed by atoms with Gasteiger partial charge in [0.25, 0.3) is 5.91 Å². The number of amides is 1. The molecule has 0 unspecified atom stereocenters. The lowest BCUT2D eigenvalue weighted by Crippen LogP contribution is -2.25. The zero-order valence-corrected chi connectivity index (χ0v) is 11.1. The van der Waals surface area contributed by atoms with Gasteiger partial charge >= 0.3 is 0 Å². The molecule has 0 aromatic carbocycles. The van der Waals surface area contributed by atoms with E-state index in [1.54, 1.807) is 12.3 Å². The first-order chi connectivity index (χ1) is 8.56. The van der Waals surface area contributed by atoms with E-state index >= 15 is 0 Å². The van der Waals surface area contributed by atoms with E-state index in [9.17, 15) is 10.0 Å². The van der Waals surface area contributed by atoms with Crippen LogP contribution in [0, 0.1) is 12.1 Å². The molecule has 0 fully saturated rings. The number of halogens is 1. The Balaban J connectivity index is 2.16. The number of carbonyl (C=O) groups is 1. The van der Waals surface area contributed by atoms with Crippen molar-refractivity contribution < 1.29 is 9.52 Å². The van der Waals surface area contributed by atoms with Crippen LogP contribution < -0.4 is 10.0 Å². The molecule has 0 aliphatic carbocycles. The van der Waals surface area contributed by atoms with Crippen LogP contribution in [-0.4, -0.2) is 10.9 Å². The van der Waals surface area contributed by atoms with Crippen molar-refractivity contribution in [2.75, 3.05) is 5.32 Å². The number of carbonyl (C=O) groups excluding carboxylic acids is 1. The summed E-state index contributed by atoms with van der Waals surface area (Å²) in [5.41, 5.74) is 1.38. The largest absolute Gasteiger partial charge is 0.619 e. The molecule has 0 aliphatic rings. The van der Waals surface area contributed by atoms with Crippen molar-refractivity contribution in [1.82, 2.24) is 4.98 Å². The standard InChI is InChI=1S/C12H10BrN3O2/c1-8-6-11(14-7-10(8)13)15-12(17)9-2-4-16(18)5-3-9/h2-7H,1H3,(H,14,15,17). The minimum absolute atomic E-state index is 0.301. The van der Waals surface area contributed by atoms with Gasteiger partial charge in [-0.2, -0.15) is 4.73 Å². The maximum Gasteiger partial charge on any atom is 0.257 e. The molecule has 0 saturated heterocycles. The van der Waals surface area contributed by atoms with Crippen molar-refractivity contribution in [2.24, 2.45) is 0 Å². The fraction of sp³-hybridized carbons (Fsp3) is 0.0833. The molecule has 0 saturated carbocycles. The Kier molecular flexibility index (Phi) is 3.57. The second-order valence-electron chi connectivity index (χ2n) is 3.72. The summed E-state index contributed by atoms with van der Waals surface area (Å²) < 4.78 is 1.51. The topological polar surface area (TPSA) is 68.9 Å². The van der Waals surface area contributed by atoms with Gasteiger partial charge in [0, 0.05) is 22.8 Å². The van der Waals surface area contributed by atoms with E-state index in [0.717, 1.165) is 10.0 Å². The number of hydrogen-bond donors (Lipinski definition) is 1. The van der Waals surface area contributed by atoms with E-state index in [1.807, 2.05) is 6.92 Å². The molecule has 0 bridgehead atoms. The number of nitrogens with one attached hydrogen (secondary N) is 1. The van der Waals surface area contributed by atoms with E-state index in [2.05, 4.69) is 26.2 Å². The summed E-state index contributed by atoms with van der Waals surface area (Å²) in [6.07, 6.45) is 4.17. The van der Waals surface area contributed by atoms with Gasteiger partial charge in [-0.3, -0.25) is 4.79 Å². The first-order valence-corrected chi connectivity index (χ1v) is 5.98. The van der Waals surface area contributed by atoms with Crippen LogP contribution in [0.4, 0.5) is 5.82 Å². The molecule has 2 rings (SSSR count). The monoisotopic (exact) mass is 307 g/mol. The molecule has 1 N–H and O–H groups in total. The van der Waals surface area contributed by atoms with E-state index in [4.69, 9.17) is 0 Å². The fourth-order valence-electron chi connectivity index (χ4n) is 1.36. The molecule has 0 spiro atoms. The molecule has 2 aromatic heterocycles. The summed E-state index contributed by atoms with van der Waals surface area (Å²) in [6.45, 7) is 1.91. The Bertz CT molecular complexity index is 584. The lowest BCUT2D eigenvalue weighted by Gasteiger charge is -2.05. The normalized spacial score (nSPS) is 10.1. The summed E-state index contributed by atoms with van der Waals surface area (Å²) in [7, 11) is 0. The minimum atomic E-state index is -0.301. The highest BCUT2D eigenvalue weighted by Crippen LogP contribution is 2.17. The molecule has 1 amide bonds. The molecule has 0 radical (unpaired) electrons. The Labute approximate surface area is 112 Å². The van der Waals surface area contributed by atoms with Crippen LogP contribution in [0.5, 0.6) is 0 Å². The quantitative estimate of drug-likeness (QED) is 0.682. The third-order valence-corrected chi connectivity index (χ3v) is 3.18. The Morgan fingerprint density at radius 3 is 2.72 bits per heavy atom. The molecular weight excluding hydrogens is 298 g/mol. The maximum atomic E-state index is 11.8. The van der Waals surface area contributed by atoms with Crippen molar-refractivity contribution in [3.05, 3.63) is 57.6 Å². The van der Waals surface area contributed by atoms with Gasteiger partial charge < -0.3 is 10.5 Å². The molecule has 2 aromatic rings. The second kappa shape index (κ2) is 5.14. The van der Waals surface area contributed by atoms with Crippen LogP contribution in [0.3, 0.4) is 0 Å². The highest BCUT2D eigenvalue weighted by atomic mass is 79.9. The van der Waals surface area contributed by atoms with Gasteiger partial charge in [-0.25, -0.2) is 4.98 Å². The van der Waals surface area contributed by atoms with Crippen LogP contribution in [0.25, 0.3) is 0 Å². The number of nitrogens with zero attached hydrogens (tertiary/aromatic N) is 2. The summed E-state index contributed by atoms with van der Waals surface area (Å²) >= 11 is 3.34. The molecule has 0 aliphatic heterocycles. The Morgan fingerprint density at radius 2 is 2.11 bits per heavy atom. The van der Waals surface area contributed by atoms with Gasteiger partial charge in [-0.1, -0.05) is 0 Å². The Morgan fingerprint density at radius 1 is 1.44 bits per heavy atom. The number of hydrogen-bond acceptors (Lipinski definition) is 3. The van der Waals surface area contributed by atoms with Crippen molar-refractivity contribution in [2.45, 2.75) is 6.92 Å². The highest BCUT2D eigenvalue weighted by Gasteiger charge is 2.08. The summed E-state index contributed by atoms with van der Waals surface area (Å²) in [5.74, 6) is 0.171. The molecule has 18 heavy (non-hydrogen) atoms. The van der Waals surface area contributed by atoms with Crippen molar-refractivity contribution in [1.29, 1.82) is 0 Å². The van der Waals surface area contributed by atoms with Gasteiger partial charge in [0.15, 0.2) is 12.4 Å². The average molecular weight is 308 g/mol. The zero-order valence-electron chi connectivity index (χ0n) is 9.55. The summed E-state index contributed by atoms with van der Waals surface area (Å²) in [5, 5.41) is 13.5. The van der Waals surface area contributed by atoms with Gasteiger partial charge in [0.2, 0.25) is 0 Å². The molecular formula is C12H10BrN3O2.